The number of carbonyl (C=O) groups is 2. The van der Waals surface area contributed by atoms with Crippen molar-refractivity contribution in [3.05, 3.63) is 35.9 Å². The summed E-state index contributed by atoms with van der Waals surface area (Å²) in [5, 5.41) is 3.15. The van der Waals surface area contributed by atoms with Crippen LogP contribution in [0.1, 0.15) is 44.1 Å². The highest BCUT2D eigenvalue weighted by Crippen LogP contribution is 2.14. The molecule has 2 fully saturated rings. The number of nitrogens with one attached hydrogen (secondary N) is 1. The van der Waals surface area contributed by atoms with Crippen LogP contribution < -0.4 is 5.32 Å². The molecule has 1 unspecified atom stereocenters. The molecule has 2 saturated heterocycles. The van der Waals surface area contributed by atoms with Gasteiger partial charge in [0.25, 0.3) is 0 Å². The second-order valence-corrected chi connectivity index (χ2v) is 7.22. The van der Waals surface area contributed by atoms with Crippen molar-refractivity contribution in [1.82, 2.24) is 15.1 Å². The molecule has 2 aliphatic rings. The molecule has 3 rings (SSSR count). The maximum atomic E-state index is 12.2. The van der Waals surface area contributed by atoms with Crippen LogP contribution >= 0.6 is 0 Å². The Balaban J connectivity index is 1.37. The average Bonchev–Trinajstić information content (AvgIpc) is 2.93. The average molecular weight is 343 g/mol. The predicted molar refractivity (Wildman–Crippen MR) is 97.9 cm³/mol. The molecule has 0 spiro atoms. The van der Waals surface area contributed by atoms with Gasteiger partial charge in [-0.25, -0.2) is 0 Å². The molecule has 0 radical (unpaired) electrons. The molecule has 5 heteroatoms. The van der Waals surface area contributed by atoms with E-state index < -0.39 is 0 Å². The molecule has 1 aromatic rings. The van der Waals surface area contributed by atoms with Crippen molar-refractivity contribution in [1.29, 1.82) is 0 Å². The third-order valence-corrected chi connectivity index (χ3v) is 5.17. The van der Waals surface area contributed by atoms with Crippen LogP contribution in [0.25, 0.3) is 0 Å². The second-order valence-electron chi connectivity index (χ2n) is 7.22. The maximum absolute atomic E-state index is 12.2. The number of hydrogen-bond acceptors (Lipinski definition) is 3. The number of rotatable bonds is 6. The summed E-state index contributed by atoms with van der Waals surface area (Å²) in [5.74, 6) is 0.281. The summed E-state index contributed by atoms with van der Waals surface area (Å²) in [5.41, 5.74) is 1.31. The van der Waals surface area contributed by atoms with Crippen LogP contribution in [0, 0.1) is 0 Å². The van der Waals surface area contributed by atoms with Crippen molar-refractivity contribution in [3.8, 4) is 0 Å². The molecule has 1 N–H and O–H groups in total. The maximum Gasteiger partial charge on any atom is 0.222 e. The Bertz CT molecular complexity index is 576. The molecule has 0 bridgehead atoms. The number of hydrogen-bond donors (Lipinski definition) is 1. The first kappa shape index (κ1) is 17.9. The molecule has 0 saturated carbocycles. The third kappa shape index (κ3) is 5.56. The number of likely N-dealkylation sites (tertiary alicyclic amines) is 2. The Morgan fingerprint density at radius 2 is 1.96 bits per heavy atom. The highest BCUT2D eigenvalue weighted by Gasteiger charge is 2.24. The van der Waals surface area contributed by atoms with E-state index in [1.165, 1.54) is 5.56 Å². The molecule has 1 atom stereocenters. The van der Waals surface area contributed by atoms with E-state index in [1.807, 2.05) is 11.0 Å². The number of benzene rings is 1. The zero-order valence-electron chi connectivity index (χ0n) is 15.0. The Morgan fingerprint density at radius 3 is 2.80 bits per heavy atom. The van der Waals surface area contributed by atoms with Crippen LogP contribution in [0.5, 0.6) is 0 Å². The quantitative estimate of drug-likeness (QED) is 0.861. The Labute approximate surface area is 150 Å². The van der Waals surface area contributed by atoms with Gasteiger partial charge in [-0.3, -0.25) is 14.5 Å². The van der Waals surface area contributed by atoms with E-state index in [2.05, 4.69) is 34.5 Å². The molecule has 0 aromatic heterocycles. The fourth-order valence-electron chi connectivity index (χ4n) is 3.75. The van der Waals surface area contributed by atoms with E-state index in [9.17, 15) is 9.59 Å². The summed E-state index contributed by atoms with van der Waals surface area (Å²) < 4.78 is 0. The lowest BCUT2D eigenvalue weighted by Crippen LogP contribution is -2.39. The highest BCUT2D eigenvalue weighted by atomic mass is 16.2. The summed E-state index contributed by atoms with van der Waals surface area (Å²) >= 11 is 0. The summed E-state index contributed by atoms with van der Waals surface area (Å²) in [6, 6.07) is 10.7. The lowest BCUT2D eigenvalue weighted by molar-refractivity contribution is -0.131. The molecule has 25 heavy (non-hydrogen) atoms. The largest absolute Gasteiger partial charge is 0.352 e. The lowest BCUT2D eigenvalue weighted by atomic mass is 10.2. The van der Waals surface area contributed by atoms with E-state index in [0.29, 0.717) is 19.4 Å². The Kier molecular flexibility index (Phi) is 6.45. The van der Waals surface area contributed by atoms with Crippen LogP contribution in [-0.4, -0.2) is 53.8 Å². The number of carbonyl (C=O) groups excluding carboxylic acids is 2. The first-order valence-corrected chi connectivity index (χ1v) is 9.54. The van der Waals surface area contributed by atoms with Gasteiger partial charge >= 0.3 is 0 Å². The van der Waals surface area contributed by atoms with E-state index in [1.54, 1.807) is 0 Å². The number of nitrogens with zero attached hydrogens (tertiary/aromatic N) is 2. The van der Waals surface area contributed by atoms with Crippen molar-refractivity contribution in [2.75, 3.05) is 26.2 Å². The minimum absolute atomic E-state index is 0.0728. The molecule has 2 amide bonds. The summed E-state index contributed by atoms with van der Waals surface area (Å²) in [7, 11) is 0. The number of amides is 2. The molecule has 2 heterocycles. The molecule has 1 aromatic carbocycles. The van der Waals surface area contributed by atoms with Gasteiger partial charge in [-0.2, -0.15) is 0 Å². The van der Waals surface area contributed by atoms with Crippen LogP contribution in [0.4, 0.5) is 0 Å². The third-order valence-electron chi connectivity index (χ3n) is 5.17. The van der Waals surface area contributed by atoms with Crippen molar-refractivity contribution < 1.29 is 9.59 Å². The van der Waals surface area contributed by atoms with Gasteiger partial charge in [-0.1, -0.05) is 36.8 Å². The summed E-state index contributed by atoms with van der Waals surface area (Å²) in [6.07, 6.45) is 5.22. The van der Waals surface area contributed by atoms with Crippen molar-refractivity contribution >= 4 is 11.8 Å². The van der Waals surface area contributed by atoms with E-state index in [4.69, 9.17) is 0 Å². The SMILES string of the molecule is O=C(CCN1CCCCCC1=O)NC1CCN(Cc2ccccc2)C1. The van der Waals surface area contributed by atoms with Crippen molar-refractivity contribution in [2.45, 2.75) is 51.1 Å². The van der Waals surface area contributed by atoms with Gasteiger partial charge in [-0.15, -0.1) is 0 Å². The van der Waals surface area contributed by atoms with Crippen molar-refractivity contribution in [2.24, 2.45) is 0 Å². The lowest BCUT2D eigenvalue weighted by Gasteiger charge is -2.21. The molecular weight excluding hydrogens is 314 g/mol. The smallest absolute Gasteiger partial charge is 0.222 e. The Hall–Kier alpha value is -1.88. The minimum Gasteiger partial charge on any atom is -0.352 e. The van der Waals surface area contributed by atoms with Gasteiger partial charge in [0.05, 0.1) is 0 Å². The van der Waals surface area contributed by atoms with Crippen LogP contribution in [0.3, 0.4) is 0 Å². The first-order chi connectivity index (χ1) is 12.2. The zero-order chi connectivity index (χ0) is 17.5. The van der Waals surface area contributed by atoms with Gasteiger partial charge in [0.1, 0.15) is 0 Å². The summed E-state index contributed by atoms with van der Waals surface area (Å²) in [6.45, 7) is 4.23. The van der Waals surface area contributed by atoms with Gasteiger partial charge in [-0.05, 0) is 24.8 Å². The fourth-order valence-corrected chi connectivity index (χ4v) is 3.75. The van der Waals surface area contributed by atoms with Gasteiger partial charge < -0.3 is 10.2 Å². The normalized spacial score (nSPS) is 22.0. The van der Waals surface area contributed by atoms with Gasteiger partial charge in [0.2, 0.25) is 11.8 Å². The van der Waals surface area contributed by atoms with Crippen LogP contribution in [-0.2, 0) is 16.1 Å². The van der Waals surface area contributed by atoms with E-state index in [0.717, 1.165) is 51.9 Å². The van der Waals surface area contributed by atoms with E-state index >= 15 is 0 Å². The molecule has 0 aliphatic carbocycles. The molecule has 5 nitrogen and oxygen atoms in total. The molecule has 136 valence electrons. The zero-order valence-corrected chi connectivity index (χ0v) is 15.0. The fraction of sp³-hybridized carbons (Fsp3) is 0.600. The van der Waals surface area contributed by atoms with Crippen LogP contribution in [0.15, 0.2) is 30.3 Å². The predicted octanol–water partition coefficient (Wildman–Crippen LogP) is 2.17. The van der Waals surface area contributed by atoms with Crippen molar-refractivity contribution in [3.63, 3.8) is 0 Å². The van der Waals surface area contributed by atoms with E-state index in [-0.39, 0.29) is 17.9 Å². The topological polar surface area (TPSA) is 52.7 Å². The highest BCUT2D eigenvalue weighted by molar-refractivity contribution is 5.79. The van der Waals surface area contributed by atoms with Gasteiger partial charge in [0, 0.05) is 51.6 Å². The van der Waals surface area contributed by atoms with Crippen LogP contribution in [0.2, 0.25) is 0 Å². The van der Waals surface area contributed by atoms with Gasteiger partial charge in [0.15, 0.2) is 0 Å². The molecular formula is C20H29N3O2. The Morgan fingerprint density at radius 1 is 1.12 bits per heavy atom. The summed E-state index contributed by atoms with van der Waals surface area (Å²) in [4.78, 5) is 28.5. The second kappa shape index (κ2) is 8.99. The monoisotopic (exact) mass is 343 g/mol. The first-order valence-electron chi connectivity index (χ1n) is 9.54. The molecule has 2 aliphatic heterocycles. The standard InChI is InChI=1S/C20H29N3O2/c24-19(11-14-23-12-6-2-5-9-20(23)25)21-18-10-13-22(16-18)15-17-7-3-1-4-8-17/h1,3-4,7-8,18H,2,5-6,9-16H2,(H,21,24). The minimum atomic E-state index is 0.0728.